The summed E-state index contributed by atoms with van der Waals surface area (Å²) in [6.45, 7) is 0.0976. The SMILES string of the molecule is O=C(NCCN1C(=O)SC(=Cc2ccc(Cl)cc2)C1=O)c1ccc2c(c1)C(=O)N(Cc1ccncc1)C2=O. The van der Waals surface area contributed by atoms with Crippen molar-refractivity contribution in [3.63, 3.8) is 0 Å². The van der Waals surface area contributed by atoms with Gasteiger partial charge < -0.3 is 5.32 Å². The molecule has 0 spiro atoms. The first kappa shape index (κ1) is 25.4. The maximum Gasteiger partial charge on any atom is 0.293 e. The van der Waals surface area contributed by atoms with E-state index in [1.54, 1.807) is 54.9 Å². The van der Waals surface area contributed by atoms with E-state index in [9.17, 15) is 24.0 Å². The number of aromatic nitrogens is 1. The summed E-state index contributed by atoms with van der Waals surface area (Å²) >= 11 is 6.71. The molecule has 0 saturated carbocycles. The summed E-state index contributed by atoms with van der Waals surface area (Å²) in [5.41, 5.74) is 2.05. The first-order valence-electron chi connectivity index (χ1n) is 11.5. The van der Waals surface area contributed by atoms with Gasteiger partial charge in [-0.25, -0.2) is 0 Å². The smallest absolute Gasteiger partial charge is 0.293 e. The van der Waals surface area contributed by atoms with Gasteiger partial charge in [-0.15, -0.1) is 0 Å². The molecule has 190 valence electrons. The normalized spacial score (nSPS) is 16.0. The molecule has 5 amide bonds. The van der Waals surface area contributed by atoms with E-state index in [-0.39, 0.29) is 41.2 Å². The number of carbonyl (C=O) groups is 5. The topological polar surface area (TPSA) is 117 Å². The molecule has 0 bridgehead atoms. The van der Waals surface area contributed by atoms with Crippen molar-refractivity contribution in [1.82, 2.24) is 20.1 Å². The Balaban J connectivity index is 1.20. The minimum Gasteiger partial charge on any atom is -0.350 e. The zero-order valence-corrected chi connectivity index (χ0v) is 21.3. The van der Waals surface area contributed by atoms with Crippen LogP contribution < -0.4 is 5.32 Å². The van der Waals surface area contributed by atoms with E-state index < -0.39 is 28.9 Å². The van der Waals surface area contributed by atoms with Crippen LogP contribution in [0, 0.1) is 0 Å². The number of imide groups is 2. The van der Waals surface area contributed by atoms with Gasteiger partial charge in [-0.05, 0) is 71.4 Å². The van der Waals surface area contributed by atoms with Crippen molar-refractivity contribution in [2.75, 3.05) is 13.1 Å². The number of carbonyl (C=O) groups excluding carboxylic acids is 5. The first-order chi connectivity index (χ1) is 18.3. The van der Waals surface area contributed by atoms with Crippen molar-refractivity contribution < 1.29 is 24.0 Å². The lowest BCUT2D eigenvalue weighted by molar-refractivity contribution is -0.122. The zero-order valence-electron chi connectivity index (χ0n) is 19.7. The molecule has 2 aliphatic rings. The van der Waals surface area contributed by atoms with Crippen LogP contribution in [0.15, 0.2) is 71.9 Å². The minimum absolute atomic E-state index is 0.0171. The third kappa shape index (κ3) is 5.09. The van der Waals surface area contributed by atoms with Crippen LogP contribution in [0.1, 0.15) is 42.2 Å². The molecular weight excluding hydrogens is 528 g/mol. The highest BCUT2D eigenvalue weighted by atomic mass is 35.5. The average Bonchev–Trinajstić information content (AvgIpc) is 3.32. The Hall–Kier alpha value is -4.28. The number of halogens is 1. The molecule has 38 heavy (non-hydrogen) atoms. The Morgan fingerprint density at radius 2 is 1.61 bits per heavy atom. The van der Waals surface area contributed by atoms with Crippen LogP contribution in [0.3, 0.4) is 0 Å². The summed E-state index contributed by atoms with van der Waals surface area (Å²) in [7, 11) is 0. The number of hydrogen-bond acceptors (Lipinski definition) is 7. The van der Waals surface area contributed by atoms with Crippen LogP contribution in [-0.4, -0.2) is 56.7 Å². The number of benzene rings is 2. The molecule has 9 nitrogen and oxygen atoms in total. The zero-order chi connectivity index (χ0) is 26.8. The minimum atomic E-state index is -0.496. The molecule has 1 aromatic heterocycles. The van der Waals surface area contributed by atoms with E-state index in [4.69, 9.17) is 11.6 Å². The van der Waals surface area contributed by atoms with Crippen molar-refractivity contribution in [2.24, 2.45) is 0 Å². The van der Waals surface area contributed by atoms with Gasteiger partial charge in [-0.3, -0.25) is 38.8 Å². The van der Waals surface area contributed by atoms with Gasteiger partial charge in [0, 0.05) is 36.1 Å². The van der Waals surface area contributed by atoms with Gasteiger partial charge in [-0.1, -0.05) is 23.7 Å². The van der Waals surface area contributed by atoms with Gasteiger partial charge in [0.2, 0.25) is 0 Å². The van der Waals surface area contributed by atoms with Crippen LogP contribution in [0.4, 0.5) is 4.79 Å². The molecule has 1 N–H and O–H groups in total. The third-order valence-corrected chi connectivity index (χ3v) is 7.14. The number of nitrogens with zero attached hydrogens (tertiary/aromatic N) is 3. The number of pyridine rings is 1. The van der Waals surface area contributed by atoms with Crippen LogP contribution in [0.2, 0.25) is 5.02 Å². The number of nitrogens with one attached hydrogen (secondary N) is 1. The molecule has 1 fully saturated rings. The third-order valence-electron chi connectivity index (χ3n) is 5.99. The highest BCUT2D eigenvalue weighted by molar-refractivity contribution is 8.18. The lowest BCUT2D eigenvalue weighted by Gasteiger charge is -2.13. The van der Waals surface area contributed by atoms with Gasteiger partial charge >= 0.3 is 0 Å². The molecule has 1 saturated heterocycles. The van der Waals surface area contributed by atoms with Gasteiger partial charge in [0.15, 0.2) is 0 Å². The monoisotopic (exact) mass is 546 g/mol. The second kappa shape index (κ2) is 10.6. The van der Waals surface area contributed by atoms with Gasteiger partial charge in [0.1, 0.15) is 0 Å². The van der Waals surface area contributed by atoms with Crippen LogP contribution in [0.25, 0.3) is 6.08 Å². The Bertz CT molecular complexity index is 1510. The molecule has 0 radical (unpaired) electrons. The molecule has 2 aromatic carbocycles. The quantitative estimate of drug-likeness (QED) is 0.351. The highest BCUT2D eigenvalue weighted by Crippen LogP contribution is 2.32. The average molecular weight is 547 g/mol. The second-order valence-corrected chi connectivity index (χ2v) is 9.88. The summed E-state index contributed by atoms with van der Waals surface area (Å²) < 4.78 is 0. The Labute approximate surface area is 226 Å². The lowest BCUT2D eigenvalue weighted by atomic mass is 10.1. The largest absolute Gasteiger partial charge is 0.350 e. The summed E-state index contributed by atoms with van der Waals surface area (Å²) in [6, 6.07) is 14.6. The molecule has 0 aliphatic carbocycles. The van der Waals surface area contributed by atoms with Crippen molar-refractivity contribution in [3.05, 3.63) is 105 Å². The number of fused-ring (bicyclic) bond motifs is 1. The second-order valence-electron chi connectivity index (χ2n) is 8.45. The molecule has 3 aromatic rings. The van der Waals surface area contributed by atoms with E-state index in [0.717, 1.165) is 32.7 Å². The lowest BCUT2D eigenvalue weighted by Crippen LogP contribution is -2.37. The molecule has 0 atom stereocenters. The Kier molecular flexibility index (Phi) is 7.08. The molecule has 2 aliphatic heterocycles. The number of thioether (sulfide) groups is 1. The first-order valence-corrected chi connectivity index (χ1v) is 12.7. The van der Waals surface area contributed by atoms with E-state index in [2.05, 4.69) is 10.3 Å². The number of hydrogen-bond donors (Lipinski definition) is 1. The van der Waals surface area contributed by atoms with E-state index in [1.165, 1.54) is 18.2 Å². The van der Waals surface area contributed by atoms with Crippen molar-refractivity contribution in [3.8, 4) is 0 Å². The predicted octanol–water partition coefficient (Wildman–Crippen LogP) is 4.00. The van der Waals surface area contributed by atoms with E-state index in [0.29, 0.717) is 5.02 Å². The predicted molar refractivity (Wildman–Crippen MR) is 141 cm³/mol. The molecule has 11 heteroatoms. The van der Waals surface area contributed by atoms with Crippen LogP contribution in [0.5, 0.6) is 0 Å². The molecular formula is C27H19ClN4O5S. The van der Waals surface area contributed by atoms with Gasteiger partial charge in [0.05, 0.1) is 22.6 Å². The summed E-state index contributed by atoms with van der Waals surface area (Å²) in [5.74, 6) is -1.86. The van der Waals surface area contributed by atoms with Crippen molar-refractivity contribution in [1.29, 1.82) is 0 Å². The fraction of sp³-hybridized carbons (Fsp3) is 0.111. The van der Waals surface area contributed by atoms with Gasteiger partial charge in [-0.2, -0.15) is 0 Å². The van der Waals surface area contributed by atoms with E-state index >= 15 is 0 Å². The maximum absolute atomic E-state index is 12.9. The fourth-order valence-corrected chi connectivity index (χ4v) is 5.02. The van der Waals surface area contributed by atoms with Crippen LogP contribution >= 0.6 is 23.4 Å². The number of rotatable bonds is 7. The summed E-state index contributed by atoms with van der Waals surface area (Å²) in [6.07, 6.45) is 4.77. The number of amides is 5. The Morgan fingerprint density at radius 1 is 0.895 bits per heavy atom. The summed E-state index contributed by atoms with van der Waals surface area (Å²) in [5, 5.41) is 2.79. The summed E-state index contributed by atoms with van der Waals surface area (Å²) in [4.78, 5) is 69.8. The van der Waals surface area contributed by atoms with Gasteiger partial charge in [0.25, 0.3) is 28.9 Å². The molecule has 0 unspecified atom stereocenters. The molecule has 5 rings (SSSR count). The standard InChI is InChI=1S/C27H19ClN4O5S/c28-19-4-1-16(2-5-19)13-22-26(36)31(27(37)38-22)12-11-30-23(33)18-3-6-20-21(14-18)25(35)32(24(20)34)15-17-7-9-29-10-8-17/h1-10,13-14H,11-12,15H2,(H,30,33). The van der Waals surface area contributed by atoms with Crippen molar-refractivity contribution >= 4 is 58.3 Å². The van der Waals surface area contributed by atoms with E-state index in [1.807, 2.05) is 0 Å². The maximum atomic E-state index is 12.9. The van der Waals surface area contributed by atoms with Crippen LogP contribution in [-0.2, 0) is 11.3 Å². The fourth-order valence-electron chi connectivity index (χ4n) is 4.03. The Morgan fingerprint density at radius 3 is 2.34 bits per heavy atom. The molecule has 3 heterocycles. The highest BCUT2D eigenvalue weighted by Gasteiger charge is 2.36. The van der Waals surface area contributed by atoms with Crippen molar-refractivity contribution in [2.45, 2.75) is 6.54 Å².